The third-order valence-corrected chi connectivity index (χ3v) is 2.01. The van der Waals surface area contributed by atoms with E-state index in [1.807, 2.05) is 0 Å². The van der Waals surface area contributed by atoms with Crippen molar-refractivity contribution >= 4 is 0 Å². The quantitative estimate of drug-likeness (QED) is 0.431. The average Bonchev–Trinajstić information content (AvgIpc) is 2.07. The molecule has 0 radical (unpaired) electrons. The van der Waals surface area contributed by atoms with Crippen molar-refractivity contribution < 1.29 is 4.74 Å². The molecule has 0 heterocycles. The van der Waals surface area contributed by atoms with Crippen molar-refractivity contribution in [2.75, 3.05) is 13.1 Å². The van der Waals surface area contributed by atoms with Crippen LogP contribution in [-0.4, -0.2) is 24.2 Å². The third kappa shape index (κ3) is 3.77. The van der Waals surface area contributed by atoms with E-state index in [0.29, 0.717) is 0 Å². The van der Waals surface area contributed by atoms with Crippen molar-refractivity contribution in [2.24, 2.45) is 0 Å². The van der Waals surface area contributed by atoms with E-state index in [-0.39, 0.29) is 6.23 Å². The van der Waals surface area contributed by atoms with Gasteiger partial charge in [0.2, 0.25) is 0 Å². The van der Waals surface area contributed by atoms with Crippen LogP contribution in [0.2, 0.25) is 0 Å². The minimum atomic E-state index is 0.225. The highest BCUT2D eigenvalue weighted by Crippen LogP contribution is 2.08. The highest BCUT2D eigenvalue weighted by molar-refractivity contribution is 4.63. The van der Waals surface area contributed by atoms with Gasteiger partial charge in [-0.3, -0.25) is 4.90 Å². The Morgan fingerprint density at radius 2 is 1.92 bits per heavy atom. The van der Waals surface area contributed by atoms with Crippen LogP contribution >= 0.6 is 0 Å². The number of ether oxygens (including phenoxy) is 1. The smallest absolute Gasteiger partial charge is 0.151 e. The topological polar surface area (TPSA) is 12.5 Å². The summed E-state index contributed by atoms with van der Waals surface area (Å²) in [6.45, 7) is 12.1. The van der Waals surface area contributed by atoms with Crippen molar-refractivity contribution in [2.45, 2.75) is 39.8 Å². The van der Waals surface area contributed by atoms with Crippen LogP contribution in [0.4, 0.5) is 0 Å². The second-order valence-corrected chi connectivity index (χ2v) is 2.77. The molecule has 0 aromatic rings. The zero-order valence-electron chi connectivity index (χ0n) is 8.55. The summed E-state index contributed by atoms with van der Waals surface area (Å²) in [5.41, 5.74) is 0. The molecule has 1 unspecified atom stereocenters. The molecule has 0 aromatic carbocycles. The van der Waals surface area contributed by atoms with Crippen LogP contribution in [0.5, 0.6) is 0 Å². The fourth-order valence-corrected chi connectivity index (χ4v) is 1.33. The van der Waals surface area contributed by atoms with E-state index >= 15 is 0 Å². The molecular formula is C10H21NO. The van der Waals surface area contributed by atoms with Gasteiger partial charge in [-0.15, -0.1) is 0 Å². The zero-order chi connectivity index (χ0) is 9.40. The SMILES string of the molecule is C=COC(CCC)N(CC)CC. The lowest BCUT2D eigenvalue weighted by atomic mass is 10.3. The molecule has 0 aliphatic rings. The van der Waals surface area contributed by atoms with Gasteiger partial charge in [-0.25, -0.2) is 0 Å². The van der Waals surface area contributed by atoms with Crippen LogP contribution in [0, 0.1) is 0 Å². The van der Waals surface area contributed by atoms with Crippen molar-refractivity contribution in [3.63, 3.8) is 0 Å². The van der Waals surface area contributed by atoms with Gasteiger partial charge in [-0.2, -0.15) is 0 Å². The van der Waals surface area contributed by atoms with Crippen molar-refractivity contribution in [3.05, 3.63) is 12.8 Å². The number of nitrogens with zero attached hydrogens (tertiary/aromatic N) is 1. The van der Waals surface area contributed by atoms with Crippen LogP contribution in [0.3, 0.4) is 0 Å². The van der Waals surface area contributed by atoms with Crippen molar-refractivity contribution in [3.8, 4) is 0 Å². The van der Waals surface area contributed by atoms with Gasteiger partial charge in [0.15, 0.2) is 6.23 Å². The standard InChI is InChI=1S/C10H21NO/c1-5-9-10(12-8-4)11(6-2)7-3/h8,10H,4-7,9H2,1-3H3. The molecule has 0 rings (SSSR count). The van der Waals surface area contributed by atoms with Gasteiger partial charge in [-0.05, 0) is 19.5 Å². The normalized spacial score (nSPS) is 13.0. The van der Waals surface area contributed by atoms with Gasteiger partial charge in [0.05, 0.1) is 6.26 Å². The lowest BCUT2D eigenvalue weighted by molar-refractivity contribution is -0.00821. The van der Waals surface area contributed by atoms with Crippen LogP contribution in [0.1, 0.15) is 33.6 Å². The average molecular weight is 171 g/mol. The predicted octanol–water partition coefficient (Wildman–Crippen LogP) is 2.61. The Kier molecular flexibility index (Phi) is 6.87. The van der Waals surface area contributed by atoms with Crippen molar-refractivity contribution in [1.82, 2.24) is 4.90 Å². The van der Waals surface area contributed by atoms with Gasteiger partial charge < -0.3 is 4.74 Å². The summed E-state index contributed by atoms with van der Waals surface area (Å²) < 4.78 is 5.42. The summed E-state index contributed by atoms with van der Waals surface area (Å²) >= 11 is 0. The molecule has 72 valence electrons. The Bertz CT molecular complexity index is 110. The Morgan fingerprint density at radius 3 is 2.25 bits per heavy atom. The number of rotatable bonds is 7. The molecule has 0 aliphatic carbocycles. The summed E-state index contributed by atoms with van der Waals surface area (Å²) in [6, 6.07) is 0. The molecule has 0 fully saturated rings. The Morgan fingerprint density at radius 1 is 1.33 bits per heavy atom. The molecule has 0 N–H and O–H groups in total. The summed E-state index contributed by atoms with van der Waals surface area (Å²) in [4.78, 5) is 2.30. The molecule has 0 saturated heterocycles. The lowest BCUT2D eigenvalue weighted by Gasteiger charge is -2.28. The molecule has 0 aliphatic heterocycles. The van der Waals surface area contributed by atoms with E-state index < -0.39 is 0 Å². The largest absolute Gasteiger partial charge is 0.483 e. The molecule has 0 spiro atoms. The highest BCUT2D eigenvalue weighted by atomic mass is 16.5. The monoisotopic (exact) mass is 171 g/mol. The second kappa shape index (κ2) is 7.17. The van der Waals surface area contributed by atoms with Crippen LogP contribution in [0.25, 0.3) is 0 Å². The summed E-state index contributed by atoms with van der Waals surface area (Å²) in [5.74, 6) is 0. The highest BCUT2D eigenvalue weighted by Gasteiger charge is 2.13. The first-order valence-electron chi connectivity index (χ1n) is 4.80. The molecular weight excluding hydrogens is 150 g/mol. The molecule has 0 bridgehead atoms. The first kappa shape index (κ1) is 11.5. The van der Waals surface area contributed by atoms with E-state index in [1.54, 1.807) is 6.26 Å². The third-order valence-electron chi connectivity index (χ3n) is 2.01. The summed E-state index contributed by atoms with van der Waals surface area (Å²) in [5, 5.41) is 0. The molecule has 12 heavy (non-hydrogen) atoms. The van der Waals surface area contributed by atoms with Crippen LogP contribution in [-0.2, 0) is 4.74 Å². The maximum absolute atomic E-state index is 5.42. The van der Waals surface area contributed by atoms with E-state index in [9.17, 15) is 0 Å². The number of hydrogen-bond donors (Lipinski definition) is 0. The molecule has 0 aromatic heterocycles. The molecule has 2 heteroatoms. The molecule has 0 saturated carbocycles. The van der Waals surface area contributed by atoms with E-state index in [4.69, 9.17) is 4.74 Å². The molecule has 1 atom stereocenters. The van der Waals surface area contributed by atoms with E-state index in [1.165, 1.54) is 0 Å². The van der Waals surface area contributed by atoms with Gasteiger partial charge in [0, 0.05) is 0 Å². The first-order chi connectivity index (χ1) is 5.79. The van der Waals surface area contributed by atoms with Crippen LogP contribution < -0.4 is 0 Å². The molecule has 0 amide bonds. The lowest BCUT2D eigenvalue weighted by Crippen LogP contribution is -2.35. The zero-order valence-corrected chi connectivity index (χ0v) is 8.55. The Hall–Kier alpha value is -0.500. The van der Waals surface area contributed by atoms with Gasteiger partial charge in [-0.1, -0.05) is 33.8 Å². The van der Waals surface area contributed by atoms with Gasteiger partial charge in [0.25, 0.3) is 0 Å². The van der Waals surface area contributed by atoms with E-state index in [2.05, 4.69) is 32.3 Å². The number of hydrogen-bond acceptors (Lipinski definition) is 2. The second-order valence-electron chi connectivity index (χ2n) is 2.77. The van der Waals surface area contributed by atoms with E-state index in [0.717, 1.165) is 25.9 Å². The minimum absolute atomic E-state index is 0.225. The fraction of sp³-hybridized carbons (Fsp3) is 0.800. The van der Waals surface area contributed by atoms with Crippen molar-refractivity contribution in [1.29, 1.82) is 0 Å². The minimum Gasteiger partial charge on any atom is -0.483 e. The van der Waals surface area contributed by atoms with Crippen LogP contribution in [0.15, 0.2) is 12.8 Å². The predicted molar refractivity (Wildman–Crippen MR) is 52.9 cm³/mol. The summed E-state index contributed by atoms with van der Waals surface area (Å²) in [6.07, 6.45) is 3.99. The van der Waals surface area contributed by atoms with Gasteiger partial charge >= 0.3 is 0 Å². The Labute approximate surface area is 76.2 Å². The first-order valence-corrected chi connectivity index (χ1v) is 4.80. The van der Waals surface area contributed by atoms with Gasteiger partial charge in [0.1, 0.15) is 0 Å². The fourth-order valence-electron chi connectivity index (χ4n) is 1.33. The summed E-state index contributed by atoms with van der Waals surface area (Å²) in [7, 11) is 0. The molecule has 2 nitrogen and oxygen atoms in total. The Balaban J connectivity index is 3.94. The maximum Gasteiger partial charge on any atom is 0.151 e. The maximum atomic E-state index is 5.42.